The third-order valence-corrected chi connectivity index (χ3v) is 5.21. The number of carbonyl (C=O) groups excluding carboxylic acids is 3. The van der Waals surface area contributed by atoms with Gasteiger partial charge in [0.05, 0.1) is 5.56 Å². The van der Waals surface area contributed by atoms with E-state index in [1.807, 2.05) is 24.3 Å². The van der Waals surface area contributed by atoms with E-state index in [0.29, 0.717) is 29.6 Å². The predicted molar refractivity (Wildman–Crippen MR) is 113 cm³/mol. The zero-order chi connectivity index (χ0) is 20.4. The molecule has 29 heavy (non-hydrogen) atoms. The van der Waals surface area contributed by atoms with E-state index in [0.717, 1.165) is 22.1 Å². The van der Waals surface area contributed by atoms with Crippen molar-refractivity contribution in [3.8, 4) is 0 Å². The van der Waals surface area contributed by atoms with Crippen LogP contribution in [0.15, 0.2) is 53.1 Å². The van der Waals surface area contributed by atoms with Gasteiger partial charge in [-0.05, 0) is 42.8 Å². The van der Waals surface area contributed by atoms with E-state index in [1.54, 1.807) is 29.3 Å². The number of H-pyrrole nitrogens is 1. The van der Waals surface area contributed by atoms with Crippen LogP contribution >= 0.6 is 15.9 Å². The van der Waals surface area contributed by atoms with Gasteiger partial charge in [0.1, 0.15) is 0 Å². The molecule has 4 rings (SSSR count). The lowest BCUT2D eigenvalue weighted by molar-refractivity contribution is -0.119. The summed E-state index contributed by atoms with van der Waals surface area (Å²) in [7, 11) is 0. The minimum atomic E-state index is -0.582. The van der Waals surface area contributed by atoms with E-state index in [-0.39, 0.29) is 5.91 Å². The highest BCUT2D eigenvalue weighted by Gasteiger charge is 2.22. The summed E-state index contributed by atoms with van der Waals surface area (Å²) in [6, 6.07) is 12.6. The molecule has 0 saturated carbocycles. The smallest absolute Gasteiger partial charge is 0.340 e. The van der Waals surface area contributed by atoms with Gasteiger partial charge in [-0.3, -0.25) is 9.59 Å². The lowest BCUT2D eigenvalue weighted by atomic mass is 10.2. The van der Waals surface area contributed by atoms with Gasteiger partial charge < -0.3 is 19.9 Å². The minimum Gasteiger partial charge on any atom is -0.452 e. The molecule has 0 bridgehead atoms. The number of aromatic amines is 1. The summed E-state index contributed by atoms with van der Waals surface area (Å²) >= 11 is 3.38. The van der Waals surface area contributed by atoms with Crippen molar-refractivity contribution >= 4 is 56.0 Å². The van der Waals surface area contributed by atoms with Gasteiger partial charge in [-0.2, -0.15) is 0 Å². The molecule has 0 radical (unpaired) electrons. The van der Waals surface area contributed by atoms with Crippen LogP contribution in [-0.2, 0) is 14.3 Å². The number of hydrogen-bond acceptors (Lipinski definition) is 4. The van der Waals surface area contributed by atoms with Crippen LogP contribution in [0.25, 0.3) is 10.9 Å². The largest absolute Gasteiger partial charge is 0.452 e. The number of aromatic nitrogens is 1. The Kier molecular flexibility index (Phi) is 5.35. The van der Waals surface area contributed by atoms with Crippen molar-refractivity contribution in [3.05, 3.63) is 58.7 Å². The Bertz CT molecular complexity index is 1110. The highest BCUT2D eigenvalue weighted by Crippen LogP contribution is 2.25. The molecule has 1 aliphatic heterocycles. The van der Waals surface area contributed by atoms with E-state index < -0.39 is 18.5 Å². The molecule has 1 aromatic heterocycles. The van der Waals surface area contributed by atoms with Crippen molar-refractivity contribution in [1.29, 1.82) is 0 Å². The molecule has 1 aliphatic rings. The second kappa shape index (κ2) is 8.08. The fourth-order valence-corrected chi connectivity index (χ4v) is 3.70. The molecular formula is C21H18BrN3O4. The summed E-state index contributed by atoms with van der Waals surface area (Å²) in [6.45, 7) is 0.265. The first-order valence-corrected chi connectivity index (χ1v) is 9.94. The molecule has 2 amide bonds. The van der Waals surface area contributed by atoms with Crippen LogP contribution in [-0.4, -0.2) is 35.9 Å². The standard InChI is InChI=1S/C21H18BrN3O4/c22-13-6-7-18-16(9-13)17(11-23-18)21(28)29-12-19(26)24-14-3-1-4-15(10-14)25-8-2-5-20(25)27/h1,3-4,6-7,9-11,23H,2,5,8,12H2,(H,24,26). The topological polar surface area (TPSA) is 91.5 Å². The van der Waals surface area contributed by atoms with Crippen molar-refractivity contribution in [2.75, 3.05) is 23.4 Å². The first-order valence-electron chi connectivity index (χ1n) is 9.15. The number of fused-ring (bicyclic) bond motifs is 1. The number of nitrogens with one attached hydrogen (secondary N) is 2. The van der Waals surface area contributed by atoms with Crippen LogP contribution in [0, 0.1) is 0 Å². The van der Waals surface area contributed by atoms with Crippen LogP contribution in [0.1, 0.15) is 23.2 Å². The van der Waals surface area contributed by atoms with Crippen molar-refractivity contribution in [1.82, 2.24) is 4.98 Å². The number of halogens is 1. The van der Waals surface area contributed by atoms with Crippen molar-refractivity contribution < 1.29 is 19.1 Å². The number of benzene rings is 2. The second-order valence-electron chi connectivity index (χ2n) is 6.72. The SMILES string of the molecule is O=C(COC(=O)c1c[nH]c2ccc(Br)cc12)Nc1cccc(N2CCCC2=O)c1. The van der Waals surface area contributed by atoms with Crippen molar-refractivity contribution in [2.45, 2.75) is 12.8 Å². The van der Waals surface area contributed by atoms with Gasteiger partial charge >= 0.3 is 5.97 Å². The molecule has 0 atom stereocenters. The molecule has 1 fully saturated rings. The molecule has 0 aliphatic carbocycles. The number of hydrogen-bond donors (Lipinski definition) is 2. The van der Waals surface area contributed by atoms with E-state index in [4.69, 9.17) is 4.74 Å². The summed E-state index contributed by atoms with van der Waals surface area (Å²) in [5.74, 6) is -0.960. The zero-order valence-corrected chi connectivity index (χ0v) is 17.0. The zero-order valence-electron chi connectivity index (χ0n) is 15.4. The van der Waals surface area contributed by atoms with E-state index in [2.05, 4.69) is 26.2 Å². The average molecular weight is 456 g/mol. The number of rotatable bonds is 5. The average Bonchev–Trinajstić information content (AvgIpc) is 3.32. The minimum absolute atomic E-state index is 0.0766. The lowest BCUT2D eigenvalue weighted by Crippen LogP contribution is -2.24. The Morgan fingerprint density at radius 1 is 1.21 bits per heavy atom. The van der Waals surface area contributed by atoms with Crippen molar-refractivity contribution in [3.63, 3.8) is 0 Å². The Morgan fingerprint density at radius 3 is 2.86 bits per heavy atom. The summed E-state index contributed by atoms with van der Waals surface area (Å²) in [5, 5.41) is 3.41. The third-order valence-electron chi connectivity index (χ3n) is 4.71. The Hall–Kier alpha value is -3.13. The third kappa shape index (κ3) is 4.17. The van der Waals surface area contributed by atoms with Gasteiger partial charge in [0.15, 0.2) is 6.61 Å². The fourth-order valence-electron chi connectivity index (χ4n) is 3.34. The molecule has 148 valence electrons. The molecule has 0 spiro atoms. The molecule has 3 aromatic rings. The van der Waals surface area contributed by atoms with Crippen LogP contribution < -0.4 is 10.2 Å². The monoisotopic (exact) mass is 455 g/mol. The normalized spacial score (nSPS) is 13.7. The molecule has 0 unspecified atom stereocenters. The van der Waals surface area contributed by atoms with E-state index in [9.17, 15) is 14.4 Å². The molecule has 8 heteroatoms. The number of anilines is 2. The van der Waals surface area contributed by atoms with Gasteiger partial charge in [0.2, 0.25) is 5.91 Å². The number of esters is 1. The molecule has 2 heterocycles. The molecule has 2 N–H and O–H groups in total. The highest BCUT2D eigenvalue weighted by molar-refractivity contribution is 9.10. The van der Waals surface area contributed by atoms with E-state index in [1.165, 1.54) is 0 Å². The Labute approximate surface area is 175 Å². The fraction of sp³-hybridized carbons (Fsp3) is 0.190. The first kappa shape index (κ1) is 19.2. The number of carbonyl (C=O) groups is 3. The van der Waals surface area contributed by atoms with Gasteiger partial charge in [0.25, 0.3) is 5.91 Å². The van der Waals surface area contributed by atoms with Crippen LogP contribution in [0.4, 0.5) is 11.4 Å². The predicted octanol–water partition coefficient (Wildman–Crippen LogP) is 3.85. The Morgan fingerprint density at radius 2 is 2.07 bits per heavy atom. The summed E-state index contributed by atoms with van der Waals surface area (Å²) in [4.78, 5) is 41.2. The summed E-state index contributed by atoms with van der Waals surface area (Å²) < 4.78 is 6.01. The Balaban J connectivity index is 1.38. The molecule has 1 saturated heterocycles. The molecule has 7 nitrogen and oxygen atoms in total. The summed E-state index contributed by atoms with van der Waals surface area (Å²) in [5.41, 5.74) is 2.45. The number of ether oxygens (including phenoxy) is 1. The molecule has 2 aromatic carbocycles. The maximum atomic E-state index is 12.4. The van der Waals surface area contributed by atoms with Gasteiger partial charge in [-0.1, -0.05) is 22.0 Å². The first-order chi connectivity index (χ1) is 14.0. The van der Waals surface area contributed by atoms with Gasteiger partial charge in [-0.15, -0.1) is 0 Å². The highest BCUT2D eigenvalue weighted by atomic mass is 79.9. The van der Waals surface area contributed by atoms with E-state index >= 15 is 0 Å². The van der Waals surface area contributed by atoms with Crippen LogP contribution in [0.2, 0.25) is 0 Å². The molecular weight excluding hydrogens is 438 g/mol. The quantitative estimate of drug-likeness (QED) is 0.571. The van der Waals surface area contributed by atoms with Crippen LogP contribution in [0.3, 0.4) is 0 Å². The van der Waals surface area contributed by atoms with Gasteiger partial charge in [-0.25, -0.2) is 4.79 Å². The number of nitrogens with zero attached hydrogens (tertiary/aromatic N) is 1. The van der Waals surface area contributed by atoms with Gasteiger partial charge in [0, 0.05) is 45.9 Å². The maximum Gasteiger partial charge on any atom is 0.340 e. The lowest BCUT2D eigenvalue weighted by Gasteiger charge is -2.16. The number of amides is 2. The van der Waals surface area contributed by atoms with Crippen molar-refractivity contribution in [2.24, 2.45) is 0 Å². The van der Waals surface area contributed by atoms with Crippen LogP contribution in [0.5, 0.6) is 0 Å². The summed E-state index contributed by atoms with van der Waals surface area (Å²) in [6.07, 6.45) is 2.93. The second-order valence-corrected chi connectivity index (χ2v) is 7.63. The maximum absolute atomic E-state index is 12.4.